The van der Waals surface area contributed by atoms with Gasteiger partial charge in [-0.3, -0.25) is 9.80 Å². The second-order valence-corrected chi connectivity index (χ2v) is 8.28. The zero-order valence-electron chi connectivity index (χ0n) is 17.8. The summed E-state index contributed by atoms with van der Waals surface area (Å²) in [6, 6.07) is 6.95. The molecule has 160 valence electrons. The largest absolute Gasteiger partial charge is 0.488 e. The first kappa shape index (κ1) is 20.4. The quantitative estimate of drug-likeness (QED) is 0.529. The van der Waals surface area contributed by atoms with Crippen molar-refractivity contribution in [3.63, 3.8) is 0 Å². The van der Waals surface area contributed by atoms with Crippen molar-refractivity contribution in [1.82, 2.24) is 20.4 Å². The molecule has 0 radical (unpaired) electrons. The highest BCUT2D eigenvalue weighted by molar-refractivity contribution is 5.79. The molecule has 4 saturated heterocycles. The van der Waals surface area contributed by atoms with E-state index in [0.717, 1.165) is 49.9 Å². The Balaban J connectivity index is 1.38. The number of guanidine groups is 1. The molecule has 4 heterocycles. The average molecular weight is 402 g/mol. The monoisotopic (exact) mass is 401 g/mol. The number of aryl methyl sites for hydroxylation is 1. The molecule has 2 bridgehead atoms. The van der Waals surface area contributed by atoms with E-state index in [4.69, 9.17) is 14.5 Å². The lowest BCUT2D eigenvalue weighted by Crippen LogP contribution is -2.63. The minimum atomic E-state index is 0.150. The molecule has 29 heavy (non-hydrogen) atoms. The second kappa shape index (κ2) is 9.78. The zero-order valence-corrected chi connectivity index (χ0v) is 17.8. The Morgan fingerprint density at radius 2 is 2.10 bits per heavy atom. The Kier molecular flexibility index (Phi) is 6.90. The van der Waals surface area contributed by atoms with Crippen LogP contribution in [0.2, 0.25) is 0 Å². The summed E-state index contributed by atoms with van der Waals surface area (Å²) in [6.45, 7) is 14.0. The van der Waals surface area contributed by atoms with E-state index in [2.05, 4.69) is 52.5 Å². The van der Waals surface area contributed by atoms with Crippen molar-refractivity contribution in [1.29, 1.82) is 0 Å². The van der Waals surface area contributed by atoms with Crippen LogP contribution in [0.1, 0.15) is 24.5 Å². The van der Waals surface area contributed by atoms with Gasteiger partial charge in [0.2, 0.25) is 0 Å². The fourth-order valence-corrected chi connectivity index (χ4v) is 4.33. The van der Waals surface area contributed by atoms with E-state index in [0.29, 0.717) is 19.2 Å². The standard InChI is InChI=1S/C22H35N5O2/c1-3-23-22(25-14-19-15-26-7-9-27(19)10-8-26)24-13-18-5-4-17(2)12-21(18)29-20-6-11-28-16-20/h4-5,12,19-20H,3,6-11,13-16H2,1-2H3,(H2,23,24,25). The van der Waals surface area contributed by atoms with Gasteiger partial charge in [0.05, 0.1) is 19.8 Å². The van der Waals surface area contributed by atoms with E-state index in [-0.39, 0.29) is 6.10 Å². The number of benzene rings is 1. The average Bonchev–Trinajstić information content (AvgIpc) is 3.25. The Hall–Kier alpha value is -1.83. The Morgan fingerprint density at radius 3 is 2.79 bits per heavy atom. The topological polar surface area (TPSA) is 61.4 Å². The molecule has 7 nitrogen and oxygen atoms in total. The van der Waals surface area contributed by atoms with Crippen LogP contribution in [-0.2, 0) is 11.3 Å². The third-order valence-electron chi connectivity index (χ3n) is 6.05. The third-order valence-corrected chi connectivity index (χ3v) is 6.05. The Morgan fingerprint density at radius 1 is 1.24 bits per heavy atom. The number of hydrogen-bond donors (Lipinski definition) is 2. The number of aliphatic imine (C=N–C) groups is 1. The molecule has 4 fully saturated rings. The van der Waals surface area contributed by atoms with Gasteiger partial charge in [0.15, 0.2) is 5.96 Å². The molecule has 4 aliphatic rings. The van der Waals surface area contributed by atoms with Gasteiger partial charge in [0.25, 0.3) is 0 Å². The summed E-state index contributed by atoms with van der Waals surface area (Å²) in [5.41, 5.74) is 2.32. The van der Waals surface area contributed by atoms with E-state index in [1.807, 2.05) is 0 Å². The Bertz CT molecular complexity index is 696. The molecule has 7 heteroatoms. The molecular formula is C22H35N5O2. The minimum absolute atomic E-state index is 0.150. The van der Waals surface area contributed by atoms with E-state index in [1.165, 1.54) is 31.7 Å². The number of piperazine rings is 3. The molecule has 1 aromatic carbocycles. The summed E-state index contributed by atoms with van der Waals surface area (Å²) in [5.74, 6) is 1.81. The van der Waals surface area contributed by atoms with Crippen LogP contribution in [0.4, 0.5) is 0 Å². The molecule has 2 unspecified atom stereocenters. The lowest BCUT2D eigenvalue weighted by molar-refractivity contribution is 0.0154. The van der Waals surface area contributed by atoms with Gasteiger partial charge < -0.3 is 20.1 Å². The van der Waals surface area contributed by atoms with Gasteiger partial charge in [-0.2, -0.15) is 0 Å². The number of rotatable bonds is 7. The molecule has 2 N–H and O–H groups in total. The van der Waals surface area contributed by atoms with Gasteiger partial charge in [0.1, 0.15) is 11.9 Å². The predicted octanol–water partition coefficient (Wildman–Crippen LogP) is 1.22. The second-order valence-electron chi connectivity index (χ2n) is 8.28. The van der Waals surface area contributed by atoms with Crippen LogP contribution in [0.15, 0.2) is 23.2 Å². The van der Waals surface area contributed by atoms with Crippen LogP contribution in [0.25, 0.3) is 0 Å². The first-order chi connectivity index (χ1) is 14.2. The van der Waals surface area contributed by atoms with Crippen molar-refractivity contribution >= 4 is 5.96 Å². The molecule has 4 aliphatic heterocycles. The van der Waals surface area contributed by atoms with Crippen LogP contribution in [-0.4, -0.2) is 86.9 Å². The van der Waals surface area contributed by atoms with Crippen molar-refractivity contribution in [2.45, 2.75) is 39.0 Å². The smallest absolute Gasteiger partial charge is 0.191 e. The summed E-state index contributed by atoms with van der Waals surface area (Å²) in [7, 11) is 0. The van der Waals surface area contributed by atoms with Crippen LogP contribution < -0.4 is 15.4 Å². The first-order valence-corrected chi connectivity index (χ1v) is 11.0. The van der Waals surface area contributed by atoms with E-state index in [9.17, 15) is 0 Å². The maximum absolute atomic E-state index is 6.22. The molecule has 0 saturated carbocycles. The number of nitrogens with zero attached hydrogens (tertiary/aromatic N) is 3. The minimum Gasteiger partial charge on any atom is -0.488 e. The molecule has 0 amide bonds. The van der Waals surface area contributed by atoms with E-state index < -0.39 is 0 Å². The van der Waals surface area contributed by atoms with Crippen molar-refractivity contribution in [2.24, 2.45) is 4.99 Å². The van der Waals surface area contributed by atoms with Crippen LogP contribution in [0.3, 0.4) is 0 Å². The number of hydrogen-bond acceptors (Lipinski definition) is 5. The molecule has 0 aromatic heterocycles. The lowest BCUT2D eigenvalue weighted by atomic mass is 10.1. The van der Waals surface area contributed by atoms with Crippen LogP contribution in [0.5, 0.6) is 5.75 Å². The summed E-state index contributed by atoms with van der Waals surface area (Å²) in [5, 5.41) is 6.95. The summed E-state index contributed by atoms with van der Waals surface area (Å²) in [4.78, 5) is 10.0. The van der Waals surface area contributed by atoms with Crippen molar-refractivity contribution in [3.8, 4) is 5.75 Å². The summed E-state index contributed by atoms with van der Waals surface area (Å²) < 4.78 is 11.7. The number of fused-ring (bicyclic) bond motifs is 3. The van der Waals surface area contributed by atoms with Gasteiger partial charge in [-0.1, -0.05) is 12.1 Å². The fraction of sp³-hybridized carbons (Fsp3) is 0.682. The van der Waals surface area contributed by atoms with Gasteiger partial charge in [-0.15, -0.1) is 0 Å². The molecule has 5 rings (SSSR count). The van der Waals surface area contributed by atoms with Crippen molar-refractivity contribution < 1.29 is 9.47 Å². The van der Waals surface area contributed by atoms with Gasteiger partial charge >= 0.3 is 0 Å². The normalized spacial score (nSPS) is 29.1. The lowest BCUT2D eigenvalue weighted by Gasteiger charge is -2.47. The molecule has 2 atom stereocenters. The highest BCUT2D eigenvalue weighted by Crippen LogP contribution is 2.24. The summed E-state index contributed by atoms with van der Waals surface area (Å²) >= 11 is 0. The maximum atomic E-state index is 6.22. The fourth-order valence-electron chi connectivity index (χ4n) is 4.33. The first-order valence-electron chi connectivity index (χ1n) is 11.0. The third kappa shape index (κ3) is 5.41. The molecule has 0 spiro atoms. The predicted molar refractivity (Wildman–Crippen MR) is 116 cm³/mol. The number of ether oxygens (including phenoxy) is 2. The number of nitrogens with one attached hydrogen (secondary N) is 2. The summed E-state index contributed by atoms with van der Waals surface area (Å²) in [6.07, 6.45) is 1.10. The van der Waals surface area contributed by atoms with Crippen LogP contribution in [0, 0.1) is 6.92 Å². The van der Waals surface area contributed by atoms with Gasteiger partial charge in [0, 0.05) is 63.8 Å². The van der Waals surface area contributed by atoms with E-state index >= 15 is 0 Å². The Labute approximate surface area is 174 Å². The SMILES string of the molecule is CCNC(=NCc1ccc(C)cc1OC1CCOC1)NCC1CN2CCN1CC2. The van der Waals surface area contributed by atoms with Crippen LogP contribution >= 0.6 is 0 Å². The highest BCUT2D eigenvalue weighted by atomic mass is 16.5. The van der Waals surface area contributed by atoms with Gasteiger partial charge in [-0.05, 0) is 25.5 Å². The maximum Gasteiger partial charge on any atom is 0.191 e. The highest BCUT2D eigenvalue weighted by Gasteiger charge is 2.31. The molecular weight excluding hydrogens is 366 g/mol. The molecule has 1 aromatic rings. The van der Waals surface area contributed by atoms with Gasteiger partial charge in [-0.25, -0.2) is 4.99 Å². The van der Waals surface area contributed by atoms with E-state index in [1.54, 1.807) is 0 Å². The zero-order chi connectivity index (χ0) is 20.1. The molecule has 0 aliphatic carbocycles. The van der Waals surface area contributed by atoms with Crippen molar-refractivity contribution in [3.05, 3.63) is 29.3 Å². The van der Waals surface area contributed by atoms with Crippen molar-refractivity contribution in [2.75, 3.05) is 59.0 Å².